The third-order valence-electron chi connectivity index (χ3n) is 2.17. The first-order chi connectivity index (χ1) is 8.10. The van der Waals surface area contributed by atoms with Gasteiger partial charge in [-0.1, -0.05) is 12.7 Å². The summed E-state index contributed by atoms with van der Waals surface area (Å²) in [6.45, 7) is 7.79. The van der Waals surface area contributed by atoms with Crippen molar-refractivity contribution in [2.24, 2.45) is 4.99 Å². The van der Waals surface area contributed by atoms with Gasteiger partial charge < -0.3 is 5.11 Å². The van der Waals surface area contributed by atoms with Gasteiger partial charge in [-0.05, 0) is 19.9 Å². The van der Waals surface area contributed by atoms with Crippen molar-refractivity contribution in [3.8, 4) is 0 Å². The van der Waals surface area contributed by atoms with Crippen LogP contribution in [0.15, 0.2) is 36.1 Å². The fourth-order valence-corrected chi connectivity index (χ4v) is 1.29. The van der Waals surface area contributed by atoms with E-state index in [2.05, 4.69) is 16.7 Å². The van der Waals surface area contributed by atoms with Crippen LogP contribution in [0.4, 0.5) is 0 Å². The summed E-state index contributed by atoms with van der Waals surface area (Å²) in [6.07, 6.45) is 6.53. The number of carbonyl (C=O) groups is 1. The monoisotopic (exact) mass is 233 g/mol. The molecule has 90 valence electrons. The van der Waals surface area contributed by atoms with Crippen LogP contribution >= 0.6 is 0 Å². The van der Waals surface area contributed by atoms with Gasteiger partial charge in [0, 0.05) is 30.2 Å². The minimum atomic E-state index is -1.05. The molecule has 0 saturated carbocycles. The van der Waals surface area contributed by atoms with Gasteiger partial charge in [-0.15, -0.1) is 0 Å². The van der Waals surface area contributed by atoms with E-state index in [4.69, 9.17) is 5.11 Å². The average Bonchev–Trinajstić information content (AvgIpc) is 2.73. The van der Waals surface area contributed by atoms with Gasteiger partial charge in [0.05, 0.1) is 0 Å². The molecule has 0 amide bonds. The summed E-state index contributed by atoms with van der Waals surface area (Å²) in [5.74, 6) is -1.05. The molecule has 0 radical (unpaired) electrons. The van der Waals surface area contributed by atoms with Gasteiger partial charge in [0.15, 0.2) is 5.69 Å². The third-order valence-corrected chi connectivity index (χ3v) is 2.17. The predicted octanol–water partition coefficient (Wildman–Crippen LogP) is 2.11. The van der Waals surface area contributed by atoms with Crippen molar-refractivity contribution in [2.75, 3.05) is 0 Å². The van der Waals surface area contributed by atoms with Crippen molar-refractivity contribution >= 4 is 11.7 Å². The lowest BCUT2D eigenvalue weighted by atomic mass is 10.2. The Hall–Kier alpha value is -2.17. The highest BCUT2D eigenvalue weighted by atomic mass is 16.4. The molecule has 0 aliphatic rings. The summed E-state index contributed by atoms with van der Waals surface area (Å²) in [5.41, 5.74) is 1.17. The van der Waals surface area contributed by atoms with Gasteiger partial charge >= 0.3 is 5.97 Å². The van der Waals surface area contributed by atoms with Crippen LogP contribution in [0.1, 0.15) is 29.9 Å². The molecular weight excluding hydrogens is 218 g/mol. The highest BCUT2D eigenvalue weighted by Gasteiger charge is 2.16. The molecule has 5 heteroatoms. The number of carboxylic acid groups (broad SMARTS) is 1. The molecule has 1 aromatic rings. The Morgan fingerprint density at radius 3 is 2.94 bits per heavy atom. The number of aryl methyl sites for hydroxylation is 1. The van der Waals surface area contributed by atoms with Crippen LogP contribution < -0.4 is 0 Å². The van der Waals surface area contributed by atoms with Crippen LogP contribution in [0.2, 0.25) is 0 Å². The topological polar surface area (TPSA) is 67.5 Å². The second-order valence-electron chi connectivity index (χ2n) is 3.34. The summed E-state index contributed by atoms with van der Waals surface area (Å²) >= 11 is 0. The van der Waals surface area contributed by atoms with Crippen molar-refractivity contribution in [1.82, 2.24) is 9.78 Å². The Morgan fingerprint density at radius 1 is 1.71 bits per heavy atom. The molecule has 1 aromatic heterocycles. The number of hydrogen-bond acceptors (Lipinski definition) is 3. The van der Waals surface area contributed by atoms with Crippen LogP contribution in [0.5, 0.6) is 0 Å². The zero-order chi connectivity index (χ0) is 12.8. The van der Waals surface area contributed by atoms with Gasteiger partial charge in [0.25, 0.3) is 0 Å². The molecule has 0 aliphatic heterocycles. The number of nitrogens with zero attached hydrogens (tertiary/aromatic N) is 3. The first-order valence-corrected chi connectivity index (χ1v) is 5.23. The second kappa shape index (κ2) is 5.79. The molecule has 0 atom stereocenters. The minimum Gasteiger partial charge on any atom is -0.476 e. The summed E-state index contributed by atoms with van der Waals surface area (Å²) in [7, 11) is 0. The van der Waals surface area contributed by atoms with Gasteiger partial charge in [0.1, 0.15) is 0 Å². The number of aliphatic imine (C=N–C) groups is 1. The van der Waals surface area contributed by atoms with Crippen LogP contribution in [0, 0.1) is 0 Å². The van der Waals surface area contributed by atoms with Gasteiger partial charge in [0.2, 0.25) is 0 Å². The number of hydrogen-bond donors (Lipinski definition) is 1. The molecule has 0 fully saturated rings. The van der Waals surface area contributed by atoms with Gasteiger partial charge in [-0.25, -0.2) is 4.79 Å². The van der Waals surface area contributed by atoms with Crippen LogP contribution in [0.25, 0.3) is 0 Å². The van der Waals surface area contributed by atoms with Crippen LogP contribution in [-0.2, 0) is 6.54 Å². The standard InChI is InChI=1S/C12H15N3O2/c1-4-6-7-13-9(3)10-8-15(5-2)14-11(10)12(16)17/h4,6-8H,1,5H2,2-3H3,(H,16,17)/b7-6-,13-9?. The van der Waals surface area contributed by atoms with E-state index >= 15 is 0 Å². The van der Waals surface area contributed by atoms with Crippen molar-refractivity contribution in [3.63, 3.8) is 0 Å². The van der Waals surface area contributed by atoms with E-state index < -0.39 is 5.97 Å². The number of carboxylic acids is 1. The molecule has 1 heterocycles. The SMILES string of the molecule is C=C/C=C\N=C(C)c1cn(CC)nc1C(=O)O. The summed E-state index contributed by atoms with van der Waals surface area (Å²) < 4.78 is 1.58. The van der Waals surface area contributed by atoms with E-state index in [1.165, 1.54) is 0 Å². The maximum atomic E-state index is 11.0. The molecule has 1 rings (SSSR count). The van der Waals surface area contributed by atoms with E-state index in [1.54, 1.807) is 36.2 Å². The quantitative estimate of drug-likeness (QED) is 0.625. The molecule has 0 saturated heterocycles. The highest BCUT2D eigenvalue weighted by Crippen LogP contribution is 2.09. The maximum Gasteiger partial charge on any atom is 0.357 e. The van der Waals surface area contributed by atoms with Crippen LogP contribution in [-0.4, -0.2) is 26.6 Å². The van der Waals surface area contributed by atoms with Crippen molar-refractivity contribution in [2.45, 2.75) is 20.4 Å². The number of allylic oxidation sites excluding steroid dienone is 2. The van der Waals surface area contributed by atoms with Crippen molar-refractivity contribution in [1.29, 1.82) is 0 Å². The number of aromatic carboxylic acids is 1. The molecule has 5 nitrogen and oxygen atoms in total. The van der Waals surface area contributed by atoms with E-state index in [-0.39, 0.29) is 5.69 Å². The lowest BCUT2D eigenvalue weighted by Gasteiger charge is -1.95. The molecule has 0 bridgehead atoms. The fourth-order valence-electron chi connectivity index (χ4n) is 1.29. The maximum absolute atomic E-state index is 11.0. The largest absolute Gasteiger partial charge is 0.476 e. The third kappa shape index (κ3) is 3.14. The molecule has 0 aliphatic carbocycles. The fraction of sp³-hybridized carbons (Fsp3) is 0.250. The number of aromatic nitrogens is 2. The predicted molar refractivity (Wildman–Crippen MR) is 66.4 cm³/mol. The van der Waals surface area contributed by atoms with Gasteiger partial charge in [-0.2, -0.15) is 5.10 Å². The lowest BCUT2D eigenvalue weighted by Crippen LogP contribution is -2.05. The zero-order valence-corrected chi connectivity index (χ0v) is 9.92. The first kappa shape index (κ1) is 12.9. The molecular formula is C12H15N3O2. The summed E-state index contributed by atoms with van der Waals surface area (Å²) in [5, 5.41) is 13.0. The Bertz CT molecular complexity index is 484. The van der Waals surface area contributed by atoms with E-state index in [0.29, 0.717) is 17.8 Å². The van der Waals surface area contributed by atoms with Crippen molar-refractivity contribution in [3.05, 3.63) is 42.4 Å². The smallest absolute Gasteiger partial charge is 0.357 e. The lowest BCUT2D eigenvalue weighted by molar-refractivity contribution is 0.0689. The van der Waals surface area contributed by atoms with E-state index in [0.717, 1.165) is 0 Å². The Morgan fingerprint density at radius 2 is 2.41 bits per heavy atom. The van der Waals surface area contributed by atoms with Crippen LogP contribution in [0.3, 0.4) is 0 Å². The Kier molecular flexibility index (Phi) is 4.39. The Balaban J connectivity index is 3.15. The Labute approximate surface area is 99.8 Å². The van der Waals surface area contributed by atoms with Crippen molar-refractivity contribution < 1.29 is 9.90 Å². The number of rotatable bonds is 5. The molecule has 0 spiro atoms. The van der Waals surface area contributed by atoms with E-state index in [9.17, 15) is 4.79 Å². The molecule has 1 N–H and O–H groups in total. The minimum absolute atomic E-state index is 0.0279. The zero-order valence-electron chi connectivity index (χ0n) is 9.92. The van der Waals surface area contributed by atoms with E-state index in [1.807, 2.05) is 6.92 Å². The second-order valence-corrected chi connectivity index (χ2v) is 3.34. The average molecular weight is 233 g/mol. The molecule has 0 unspecified atom stereocenters. The molecule has 0 aromatic carbocycles. The summed E-state index contributed by atoms with van der Waals surface area (Å²) in [4.78, 5) is 15.1. The first-order valence-electron chi connectivity index (χ1n) is 5.23. The molecule has 17 heavy (non-hydrogen) atoms. The normalized spacial score (nSPS) is 12.0. The van der Waals surface area contributed by atoms with Gasteiger partial charge in [-0.3, -0.25) is 9.67 Å². The highest BCUT2D eigenvalue weighted by molar-refractivity contribution is 6.06. The summed E-state index contributed by atoms with van der Waals surface area (Å²) in [6, 6.07) is 0.